The van der Waals surface area contributed by atoms with Crippen LogP contribution in [0.5, 0.6) is 0 Å². The minimum absolute atomic E-state index is 0.169. The Kier molecular flexibility index (Phi) is 15.1. The summed E-state index contributed by atoms with van der Waals surface area (Å²) in [5.41, 5.74) is 0. The molecule has 0 aliphatic rings. The number of phosphoric ester groups is 1. The third-order valence-corrected chi connectivity index (χ3v) is 4.28. The first-order valence-corrected chi connectivity index (χ1v) is 10.3. The van der Waals surface area contributed by atoms with Gasteiger partial charge in [-0.1, -0.05) is 90.4 Å². The summed E-state index contributed by atoms with van der Waals surface area (Å²) < 4.78 is 14.8. The molecule has 128 valence electrons. The maximum absolute atomic E-state index is 10.4. The molecule has 0 saturated heterocycles. The molecule has 0 aliphatic heterocycles. The van der Waals surface area contributed by atoms with Gasteiger partial charge in [-0.25, -0.2) is 4.57 Å². The van der Waals surface area contributed by atoms with Crippen LogP contribution < -0.4 is 0 Å². The molecule has 0 saturated carbocycles. The lowest BCUT2D eigenvalue weighted by molar-refractivity contribution is 0.193. The predicted molar refractivity (Wildman–Crippen MR) is 88.3 cm³/mol. The van der Waals surface area contributed by atoms with Crippen LogP contribution in [0.1, 0.15) is 96.8 Å². The lowest BCUT2D eigenvalue weighted by Gasteiger charge is -2.05. The van der Waals surface area contributed by atoms with Crippen molar-refractivity contribution in [2.45, 2.75) is 96.8 Å². The van der Waals surface area contributed by atoms with Crippen molar-refractivity contribution in [1.29, 1.82) is 0 Å². The van der Waals surface area contributed by atoms with E-state index in [-0.39, 0.29) is 6.61 Å². The molecule has 0 radical (unpaired) electrons. The van der Waals surface area contributed by atoms with Crippen molar-refractivity contribution in [3.63, 3.8) is 0 Å². The topological polar surface area (TPSA) is 66.8 Å². The Morgan fingerprint density at radius 1 is 0.667 bits per heavy atom. The van der Waals surface area contributed by atoms with Gasteiger partial charge in [0.15, 0.2) is 0 Å². The summed E-state index contributed by atoms with van der Waals surface area (Å²) in [5.74, 6) is 0. The Bertz CT molecular complexity index is 253. The molecular weight excluding hydrogens is 287 g/mol. The van der Waals surface area contributed by atoms with Gasteiger partial charge in [0.1, 0.15) is 0 Å². The monoisotopic (exact) mass is 322 g/mol. The Balaban J connectivity index is 3.01. The highest BCUT2D eigenvalue weighted by molar-refractivity contribution is 7.46. The van der Waals surface area contributed by atoms with E-state index in [1.54, 1.807) is 0 Å². The van der Waals surface area contributed by atoms with Crippen LogP contribution in [-0.2, 0) is 9.09 Å². The molecule has 21 heavy (non-hydrogen) atoms. The number of hydrogen-bond acceptors (Lipinski definition) is 2. The molecule has 0 aromatic carbocycles. The molecule has 0 fully saturated rings. The van der Waals surface area contributed by atoms with Crippen LogP contribution >= 0.6 is 7.82 Å². The van der Waals surface area contributed by atoms with Crippen LogP contribution in [-0.4, -0.2) is 16.4 Å². The third kappa shape index (κ3) is 20.1. The summed E-state index contributed by atoms with van der Waals surface area (Å²) in [7, 11) is -4.25. The van der Waals surface area contributed by atoms with Gasteiger partial charge in [-0.15, -0.1) is 0 Å². The van der Waals surface area contributed by atoms with Crippen LogP contribution in [0.25, 0.3) is 0 Å². The average molecular weight is 322 g/mol. The second-order valence-corrected chi connectivity index (χ2v) is 7.16. The number of unbranched alkanes of at least 4 members (excludes halogenated alkanes) is 13. The molecule has 0 atom stereocenters. The van der Waals surface area contributed by atoms with E-state index in [0.717, 1.165) is 19.3 Å². The molecule has 0 aliphatic carbocycles. The summed E-state index contributed by atoms with van der Waals surface area (Å²) >= 11 is 0. The highest BCUT2D eigenvalue weighted by Crippen LogP contribution is 2.35. The minimum Gasteiger partial charge on any atom is -0.303 e. The van der Waals surface area contributed by atoms with Crippen molar-refractivity contribution in [3.05, 3.63) is 0 Å². The molecule has 0 bridgehead atoms. The standard InChI is InChI=1S/C16H35O4P/c1-2-3-4-5-6-7-8-9-10-11-12-13-14-15-16-20-21(17,18)19/h2-16H2,1H3,(H2,17,18,19). The van der Waals surface area contributed by atoms with Crippen LogP contribution in [0.15, 0.2) is 0 Å². The quantitative estimate of drug-likeness (QED) is 0.288. The van der Waals surface area contributed by atoms with Crippen molar-refractivity contribution in [1.82, 2.24) is 0 Å². The van der Waals surface area contributed by atoms with Crippen molar-refractivity contribution in [2.24, 2.45) is 0 Å². The first kappa shape index (κ1) is 21.1. The zero-order chi connectivity index (χ0) is 15.8. The zero-order valence-corrected chi connectivity index (χ0v) is 14.7. The fourth-order valence-electron chi connectivity index (χ4n) is 2.48. The first-order valence-electron chi connectivity index (χ1n) is 8.76. The van der Waals surface area contributed by atoms with Crippen molar-refractivity contribution in [3.8, 4) is 0 Å². The van der Waals surface area contributed by atoms with Crippen LogP contribution in [0.4, 0.5) is 0 Å². The Labute approximate surface area is 130 Å². The molecule has 0 rings (SSSR count). The molecule has 4 nitrogen and oxygen atoms in total. The maximum Gasteiger partial charge on any atom is 0.469 e. The highest BCUT2D eigenvalue weighted by Gasteiger charge is 2.12. The van der Waals surface area contributed by atoms with Crippen LogP contribution in [0.3, 0.4) is 0 Å². The van der Waals surface area contributed by atoms with E-state index < -0.39 is 7.82 Å². The van der Waals surface area contributed by atoms with Crippen molar-refractivity contribution < 1.29 is 18.9 Å². The first-order chi connectivity index (χ1) is 10.1. The Hall–Kier alpha value is 0.110. The lowest BCUT2D eigenvalue weighted by Crippen LogP contribution is -1.92. The fraction of sp³-hybridized carbons (Fsp3) is 1.00. The number of phosphoric acid groups is 1. The number of hydrogen-bond donors (Lipinski definition) is 2. The highest BCUT2D eigenvalue weighted by atomic mass is 31.2. The van der Waals surface area contributed by atoms with Crippen molar-refractivity contribution >= 4 is 7.82 Å². The molecule has 2 N–H and O–H groups in total. The second-order valence-electron chi connectivity index (χ2n) is 5.92. The van der Waals surface area contributed by atoms with E-state index >= 15 is 0 Å². The van der Waals surface area contributed by atoms with Gasteiger partial charge >= 0.3 is 7.82 Å². The smallest absolute Gasteiger partial charge is 0.303 e. The largest absolute Gasteiger partial charge is 0.469 e. The van der Waals surface area contributed by atoms with Gasteiger partial charge in [-0.2, -0.15) is 0 Å². The van der Waals surface area contributed by atoms with E-state index in [0.29, 0.717) is 0 Å². The third-order valence-electron chi connectivity index (χ3n) is 3.76. The van der Waals surface area contributed by atoms with Crippen molar-refractivity contribution in [2.75, 3.05) is 6.61 Å². The summed E-state index contributed by atoms with van der Waals surface area (Å²) in [5, 5.41) is 0. The van der Waals surface area contributed by atoms with E-state index in [2.05, 4.69) is 11.4 Å². The van der Waals surface area contributed by atoms with E-state index in [9.17, 15) is 4.57 Å². The predicted octanol–water partition coefficient (Wildman–Crippen LogP) is 5.58. The average Bonchev–Trinajstić information content (AvgIpc) is 2.42. The maximum atomic E-state index is 10.4. The summed E-state index contributed by atoms with van der Waals surface area (Å²) in [4.78, 5) is 17.0. The molecule has 0 aromatic rings. The minimum atomic E-state index is -4.25. The molecule has 0 spiro atoms. The molecular formula is C16H35O4P. The molecule has 0 unspecified atom stereocenters. The summed E-state index contributed by atoms with van der Waals surface area (Å²) in [6.07, 6.45) is 17.8. The van der Waals surface area contributed by atoms with Gasteiger partial charge < -0.3 is 9.79 Å². The van der Waals surface area contributed by atoms with Gasteiger partial charge in [0.2, 0.25) is 0 Å². The molecule has 0 aromatic heterocycles. The van der Waals surface area contributed by atoms with Gasteiger partial charge in [-0.3, -0.25) is 4.52 Å². The van der Waals surface area contributed by atoms with Crippen LogP contribution in [0, 0.1) is 0 Å². The lowest BCUT2D eigenvalue weighted by atomic mass is 10.0. The second kappa shape index (κ2) is 15.0. The summed E-state index contributed by atoms with van der Waals surface area (Å²) in [6, 6.07) is 0. The Morgan fingerprint density at radius 3 is 1.33 bits per heavy atom. The van der Waals surface area contributed by atoms with Gasteiger partial charge in [0, 0.05) is 0 Å². The van der Waals surface area contributed by atoms with Crippen LogP contribution in [0.2, 0.25) is 0 Å². The van der Waals surface area contributed by atoms with E-state index in [4.69, 9.17) is 9.79 Å². The summed E-state index contributed by atoms with van der Waals surface area (Å²) in [6.45, 7) is 2.42. The Morgan fingerprint density at radius 2 is 1.00 bits per heavy atom. The normalized spacial score (nSPS) is 12.0. The van der Waals surface area contributed by atoms with E-state index in [1.165, 1.54) is 70.6 Å². The zero-order valence-electron chi connectivity index (χ0n) is 13.8. The molecule has 0 heterocycles. The van der Waals surface area contributed by atoms with Gasteiger partial charge in [-0.05, 0) is 6.42 Å². The van der Waals surface area contributed by atoms with E-state index in [1.807, 2.05) is 0 Å². The molecule has 0 amide bonds. The fourth-order valence-corrected chi connectivity index (χ4v) is 2.85. The van der Waals surface area contributed by atoms with Gasteiger partial charge in [0.05, 0.1) is 6.61 Å². The SMILES string of the molecule is CCCCCCCCCCCCCCCCOP(=O)(O)O. The molecule has 5 heteroatoms. The van der Waals surface area contributed by atoms with Gasteiger partial charge in [0.25, 0.3) is 0 Å². The number of rotatable bonds is 16.